The first kappa shape index (κ1) is 16.2. The number of esters is 1. The van der Waals surface area contributed by atoms with Crippen molar-refractivity contribution < 1.29 is 34.4 Å². The molecule has 0 radical (unpaired) electrons. The number of likely N-dealkylation sites (tertiary alicyclic amines) is 1. The van der Waals surface area contributed by atoms with Crippen molar-refractivity contribution in [2.24, 2.45) is 0 Å². The minimum atomic E-state index is -1.28. The summed E-state index contributed by atoms with van der Waals surface area (Å²) in [6, 6.07) is -1.95. The third-order valence-corrected chi connectivity index (χ3v) is 3.01. The Morgan fingerprint density at radius 1 is 1.30 bits per heavy atom. The number of hydrogen-bond donors (Lipinski definition) is 4. The van der Waals surface area contributed by atoms with Crippen LogP contribution in [0.3, 0.4) is 0 Å². The Morgan fingerprint density at radius 3 is 2.30 bits per heavy atom. The maximum Gasteiger partial charge on any atom is 0.326 e. The van der Waals surface area contributed by atoms with Gasteiger partial charge in [-0.05, 0) is 6.42 Å². The molecule has 0 spiro atoms. The third kappa shape index (κ3) is 4.35. The minimum absolute atomic E-state index is 0.0731. The van der Waals surface area contributed by atoms with Crippen molar-refractivity contribution in [3.63, 3.8) is 0 Å². The maximum absolute atomic E-state index is 11.8. The summed E-state index contributed by atoms with van der Waals surface area (Å²) >= 11 is 0. The van der Waals surface area contributed by atoms with E-state index in [1.54, 1.807) is 0 Å². The molecule has 0 aromatic rings. The molecule has 1 rings (SSSR count). The van der Waals surface area contributed by atoms with Crippen LogP contribution in [-0.2, 0) is 14.3 Å². The van der Waals surface area contributed by atoms with Gasteiger partial charge in [-0.1, -0.05) is 0 Å². The van der Waals surface area contributed by atoms with Crippen LogP contribution in [-0.4, -0.2) is 76.6 Å². The molecule has 9 heteroatoms. The summed E-state index contributed by atoms with van der Waals surface area (Å²) in [5.41, 5.74) is 0. The number of carbonyl (C=O) groups excluding carboxylic acids is 2. The molecule has 2 unspecified atom stereocenters. The third-order valence-electron chi connectivity index (χ3n) is 3.01. The standard InChI is InChI=1S/C11H18N2O7/c1-20-9(16)3-2-6(10(17)18)12-11(19)13-4-7(14)8(15)5-13/h6-8,14-15H,2-5H2,1H3,(H,12,19)(H,17,18)/t6-,7?,8?/m1/s1. The molecule has 0 aliphatic carbocycles. The topological polar surface area (TPSA) is 136 Å². The number of carboxylic acids is 1. The Morgan fingerprint density at radius 2 is 1.85 bits per heavy atom. The second-order valence-electron chi connectivity index (χ2n) is 4.49. The molecule has 0 bridgehead atoms. The van der Waals surface area contributed by atoms with E-state index in [4.69, 9.17) is 5.11 Å². The first-order valence-electron chi connectivity index (χ1n) is 6.06. The summed E-state index contributed by atoms with van der Waals surface area (Å²) in [5.74, 6) is -1.85. The number of aliphatic hydroxyl groups excluding tert-OH is 2. The Hall–Kier alpha value is -1.87. The molecule has 1 saturated heterocycles. The highest BCUT2D eigenvalue weighted by Gasteiger charge is 2.34. The smallest absolute Gasteiger partial charge is 0.326 e. The number of amides is 2. The lowest BCUT2D eigenvalue weighted by molar-refractivity contribution is -0.142. The number of aliphatic hydroxyl groups is 2. The molecule has 20 heavy (non-hydrogen) atoms. The average Bonchev–Trinajstić information content (AvgIpc) is 2.73. The number of nitrogens with zero attached hydrogens (tertiary/aromatic N) is 1. The van der Waals surface area contributed by atoms with Gasteiger partial charge in [0, 0.05) is 6.42 Å². The lowest BCUT2D eigenvalue weighted by Gasteiger charge is -2.20. The zero-order valence-electron chi connectivity index (χ0n) is 11.0. The number of urea groups is 1. The van der Waals surface area contributed by atoms with Crippen molar-refractivity contribution >= 4 is 18.0 Å². The molecule has 1 aliphatic rings. The van der Waals surface area contributed by atoms with Crippen LogP contribution in [0.25, 0.3) is 0 Å². The summed E-state index contributed by atoms with van der Waals surface area (Å²) in [7, 11) is 1.18. The number of β-amino-alcohol motifs (C(OH)–C–C–N with tert-alkyl or cyclic N) is 2. The Kier molecular flexibility index (Phi) is 5.71. The van der Waals surface area contributed by atoms with Gasteiger partial charge in [0.2, 0.25) is 0 Å². The lowest BCUT2D eigenvalue weighted by atomic mass is 10.1. The second-order valence-corrected chi connectivity index (χ2v) is 4.49. The molecule has 2 amide bonds. The summed E-state index contributed by atoms with van der Waals surface area (Å²) in [5, 5.41) is 29.8. The fraction of sp³-hybridized carbons (Fsp3) is 0.727. The largest absolute Gasteiger partial charge is 0.480 e. The van der Waals surface area contributed by atoms with Crippen LogP contribution in [0.2, 0.25) is 0 Å². The van der Waals surface area contributed by atoms with E-state index in [1.807, 2.05) is 0 Å². The van der Waals surface area contributed by atoms with Gasteiger partial charge in [0.25, 0.3) is 0 Å². The van der Waals surface area contributed by atoms with Gasteiger partial charge in [-0.3, -0.25) is 4.79 Å². The molecule has 114 valence electrons. The predicted octanol–water partition coefficient (Wildman–Crippen LogP) is -1.86. The number of carboxylic acid groups (broad SMARTS) is 1. The van der Waals surface area contributed by atoms with E-state index in [0.29, 0.717) is 0 Å². The number of nitrogens with one attached hydrogen (secondary N) is 1. The van der Waals surface area contributed by atoms with Gasteiger partial charge in [0.15, 0.2) is 0 Å². The maximum atomic E-state index is 11.8. The fourth-order valence-electron chi connectivity index (χ4n) is 1.80. The Labute approximate surface area is 115 Å². The van der Waals surface area contributed by atoms with Crippen LogP contribution in [0, 0.1) is 0 Å². The molecule has 0 aromatic carbocycles. The van der Waals surface area contributed by atoms with Gasteiger partial charge in [-0.2, -0.15) is 0 Å². The first-order valence-corrected chi connectivity index (χ1v) is 6.06. The first-order chi connectivity index (χ1) is 9.35. The van der Waals surface area contributed by atoms with Crippen LogP contribution in [0.15, 0.2) is 0 Å². The zero-order valence-corrected chi connectivity index (χ0v) is 11.0. The van der Waals surface area contributed by atoms with E-state index in [0.717, 1.165) is 4.90 Å². The molecule has 1 fully saturated rings. The van der Waals surface area contributed by atoms with Crippen molar-refractivity contribution in [1.29, 1.82) is 0 Å². The van der Waals surface area contributed by atoms with E-state index in [-0.39, 0.29) is 25.9 Å². The van der Waals surface area contributed by atoms with Crippen molar-refractivity contribution in [1.82, 2.24) is 10.2 Å². The Bertz CT molecular complexity index is 377. The van der Waals surface area contributed by atoms with Gasteiger partial charge in [-0.25, -0.2) is 9.59 Å². The monoisotopic (exact) mass is 290 g/mol. The van der Waals surface area contributed by atoms with E-state index in [1.165, 1.54) is 7.11 Å². The molecular formula is C11H18N2O7. The molecule has 1 heterocycles. The van der Waals surface area contributed by atoms with Crippen LogP contribution in [0.1, 0.15) is 12.8 Å². The van der Waals surface area contributed by atoms with Gasteiger partial charge < -0.3 is 30.3 Å². The molecule has 9 nitrogen and oxygen atoms in total. The summed E-state index contributed by atoms with van der Waals surface area (Å²) in [4.78, 5) is 34.9. The molecule has 4 N–H and O–H groups in total. The number of rotatable bonds is 5. The highest BCUT2D eigenvalue weighted by atomic mass is 16.5. The van der Waals surface area contributed by atoms with Crippen molar-refractivity contribution in [2.45, 2.75) is 31.1 Å². The van der Waals surface area contributed by atoms with Gasteiger partial charge in [0.05, 0.1) is 32.4 Å². The molecular weight excluding hydrogens is 272 g/mol. The SMILES string of the molecule is COC(=O)CC[C@@H](NC(=O)N1CC(O)C(O)C1)C(=O)O. The van der Waals surface area contributed by atoms with Crippen LogP contribution < -0.4 is 5.32 Å². The fourth-order valence-corrected chi connectivity index (χ4v) is 1.80. The number of hydrogen-bond acceptors (Lipinski definition) is 6. The lowest BCUT2D eigenvalue weighted by Crippen LogP contribution is -2.47. The highest BCUT2D eigenvalue weighted by Crippen LogP contribution is 2.10. The van der Waals surface area contributed by atoms with Crippen LogP contribution in [0.4, 0.5) is 4.79 Å². The van der Waals surface area contributed by atoms with Crippen molar-refractivity contribution in [3.8, 4) is 0 Å². The zero-order chi connectivity index (χ0) is 15.3. The van der Waals surface area contributed by atoms with Gasteiger partial charge in [0.1, 0.15) is 6.04 Å². The molecule has 0 saturated carbocycles. The molecule has 3 atom stereocenters. The van der Waals surface area contributed by atoms with E-state index < -0.39 is 36.2 Å². The second kappa shape index (κ2) is 7.06. The Balaban J connectivity index is 2.51. The van der Waals surface area contributed by atoms with E-state index in [2.05, 4.69) is 10.1 Å². The average molecular weight is 290 g/mol. The quantitative estimate of drug-likeness (QED) is 0.436. The van der Waals surface area contributed by atoms with Gasteiger partial charge >= 0.3 is 18.0 Å². The number of carbonyl (C=O) groups is 3. The highest BCUT2D eigenvalue weighted by molar-refractivity contribution is 5.83. The number of methoxy groups -OCH3 is 1. The van der Waals surface area contributed by atoms with Crippen LogP contribution >= 0.6 is 0 Å². The van der Waals surface area contributed by atoms with Crippen LogP contribution in [0.5, 0.6) is 0 Å². The molecule has 1 aliphatic heterocycles. The normalized spacial score (nSPS) is 23.2. The van der Waals surface area contributed by atoms with Crippen molar-refractivity contribution in [2.75, 3.05) is 20.2 Å². The minimum Gasteiger partial charge on any atom is -0.480 e. The summed E-state index contributed by atoms with van der Waals surface area (Å²) in [6.07, 6.45) is -2.33. The number of aliphatic carboxylic acids is 1. The summed E-state index contributed by atoms with van der Waals surface area (Å²) < 4.78 is 4.39. The van der Waals surface area contributed by atoms with Gasteiger partial charge in [-0.15, -0.1) is 0 Å². The van der Waals surface area contributed by atoms with Crippen molar-refractivity contribution in [3.05, 3.63) is 0 Å². The summed E-state index contributed by atoms with van der Waals surface area (Å²) in [6.45, 7) is -0.146. The predicted molar refractivity (Wildman–Crippen MR) is 64.8 cm³/mol. The molecule has 0 aromatic heterocycles. The van der Waals surface area contributed by atoms with E-state index in [9.17, 15) is 24.6 Å². The van der Waals surface area contributed by atoms with E-state index >= 15 is 0 Å². The number of ether oxygens (including phenoxy) is 1.